The Labute approximate surface area is 160 Å². The van der Waals surface area contributed by atoms with E-state index in [4.69, 9.17) is 14.2 Å². The molecule has 27 heavy (non-hydrogen) atoms. The molecule has 0 spiro atoms. The largest absolute Gasteiger partial charge is 0.481 e. The molecule has 0 amide bonds. The number of aromatic nitrogens is 4. The number of fused-ring (bicyclic) bond motifs is 1. The molecule has 7 nitrogen and oxygen atoms in total. The number of hydrogen-bond acceptors (Lipinski definition) is 6. The van der Waals surface area contributed by atoms with E-state index in [1.165, 1.54) is 31.2 Å². The van der Waals surface area contributed by atoms with Gasteiger partial charge in [-0.25, -0.2) is 4.68 Å². The second-order valence-corrected chi connectivity index (χ2v) is 8.78. The van der Waals surface area contributed by atoms with Crippen molar-refractivity contribution in [2.45, 2.75) is 57.4 Å². The van der Waals surface area contributed by atoms with Gasteiger partial charge in [0.15, 0.2) is 5.82 Å². The summed E-state index contributed by atoms with van der Waals surface area (Å²) in [7, 11) is 3.66. The minimum Gasteiger partial charge on any atom is -0.481 e. The molecular weight excluding hydrogens is 342 g/mol. The molecule has 2 aromatic heterocycles. The number of nitrogens with zero attached hydrogens (tertiary/aromatic N) is 5. The standard InChI is InChI=1S/C20H29N5O2/c1-13-16(18(26-3)24(2)22-13)11-25-10-15-5-4-8-20(15,12-25)19-21-17(23-27-19)9-14-6-7-14/h14-15H,4-12H2,1-3H3/t15-,20-/m1/s1. The number of methoxy groups -OCH3 is 1. The van der Waals surface area contributed by atoms with Crippen molar-refractivity contribution in [2.75, 3.05) is 20.2 Å². The normalized spacial score (nSPS) is 28.0. The number of likely N-dealkylation sites (tertiary alicyclic amines) is 1. The van der Waals surface area contributed by atoms with Crippen LogP contribution < -0.4 is 4.74 Å². The van der Waals surface area contributed by atoms with Crippen LogP contribution in [0.25, 0.3) is 0 Å². The molecule has 0 N–H and O–H groups in total. The third-order valence-electron chi connectivity index (χ3n) is 6.87. The van der Waals surface area contributed by atoms with Crippen molar-refractivity contribution in [2.24, 2.45) is 18.9 Å². The lowest BCUT2D eigenvalue weighted by Gasteiger charge is -2.24. The van der Waals surface area contributed by atoms with Gasteiger partial charge in [0, 0.05) is 33.1 Å². The first-order valence-corrected chi connectivity index (χ1v) is 10.2. The molecule has 2 atom stereocenters. The summed E-state index contributed by atoms with van der Waals surface area (Å²) in [5, 5.41) is 8.84. The van der Waals surface area contributed by atoms with Crippen LogP contribution in [0.3, 0.4) is 0 Å². The third-order valence-corrected chi connectivity index (χ3v) is 6.87. The van der Waals surface area contributed by atoms with Gasteiger partial charge in [-0.1, -0.05) is 11.6 Å². The molecule has 7 heteroatoms. The van der Waals surface area contributed by atoms with Crippen molar-refractivity contribution >= 4 is 0 Å². The Kier molecular flexibility index (Phi) is 4.04. The maximum Gasteiger partial charge on any atom is 0.234 e. The van der Waals surface area contributed by atoms with Gasteiger partial charge in [0.2, 0.25) is 11.8 Å². The Bertz CT molecular complexity index is 840. The molecule has 5 rings (SSSR count). The fourth-order valence-electron chi connectivity index (χ4n) is 5.32. The monoisotopic (exact) mass is 371 g/mol. The Morgan fingerprint density at radius 3 is 2.93 bits per heavy atom. The molecule has 2 aliphatic carbocycles. The average molecular weight is 371 g/mol. The van der Waals surface area contributed by atoms with Crippen LogP contribution in [0.2, 0.25) is 0 Å². The van der Waals surface area contributed by atoms with Gasteiger partial charge in [-0.2, -0.15) is 10.1 Å². The summed E-state index contributed by atoms with van der Waals surface area (Å²) in [5.41, 5.74) is 2.28. The highest BCUT2D eigenvalue weighted by atomic mass is 16.5. The van der Waals surface area contributed by atoms with Crippen molar-refractivity contribution in [3.05, 3.63) is 23.0 Å². The maximum atomic E-state index is 5.82. The quantitative estimate of drug-likeness (QED) is 0.777. The molecule has 0 bridgehead atoms. The second-order valence-electron chi connectivity index (χ2n) is 8.78. The van der Waals surface area contributed by atoms with Gasteiger partial charge in [-0.15, -0.1) is 0 Å². The zero-order valence-corrected chi connectivity index (χ0v) is 16.6. The van der Waals surface area contributed by atoms with E-state index in [1.807, 2.05) is 11.7 Å². The minimum absolute atomic E-state index is 0.0398. The van der Waals surface area contributed by atoms with Crippen LogP contribution >= 0.6 is 0 Å². The summed E-state index contributed by atoms with van der Waals surface area (Å²) in [6, 6.07) is 0. The topological polar surface area (TPSA) is 69.2 Å². The van der Waals surface area contributed by atoms with E-state index in [9.17, 15) is 0 Å². The van der Waals surface area contributed by atoms with Crippen LogP contribution in [0.4, 0.5) is 0 Å². The Morgan fingerprint density at radius 1 is 1.30 bits per heavy atom. The van der Waals surface area contributed by atoms with Crippen molar-refractivity contribution in [1.29, 1.82) is 0 Å². The lowest BCUT2D eigenvalue weighted by Crippen LogP contribution is -2.32. The molecule has 1 saturated heterocycles. The van der Waals surface area contributed by atoms with Crippen LogP contribution in [0.1, 0.15) is 55.1 Å². The molecule has 146 valence electrons. The first-order valence-electron chi connectivity index (χ1n) is 10.2. The maximum absolute atomic E-state index is 5.82. The molecular formula is C20H29N5O2. The zero-order valence-electron chi connectivity index (χ0n) is 16.6. The highest BCUT2D eigenvalue weighted by Gasteiger charge is 2.54. The van der Waals surface area contributed by atoms with Crippen LogP contribution in [-0.2, 0) is 25.4 Å². The SMILES string of the molecule is COc1c(CN2C[C@H]3CCC[C@@]3(c3nc(CC4CC4)no3)C2)c(C)nn1C. The summed E-state index contributed by atoms with van der Waals surface area (Å²) in [5.74, 6) is 4.06. The van der Waals surface area contributed by atoms with Crippen molar-refractivity contribution in [1.82, 2.24) is 24.8 Å². The predicted octanol–water partition coefficient (Wildman–Crippen LogP) is 2.63. The Hall–Kier alpha value is -1.89. The summed E-state index contributed by atoms with van der Waals surface area (Å²) >= 11 is 0. The fraction of sp³-hybridized carbons (Fsp3) is 0.750. The molecule has 0 aromatic carbocycles. The Balaban J connectivity index is 1.37. The van der Waals surface area contributed by atoms with Crippen molar-refractivity contribution in [3.8, 4) is 5.88 Å². The molecule has 0 unspecified atom stereocenters. The van der Waals surface area contributed by atoms with Gasteiger partial charge in [-0.3, -0.25) is 4.90 Å². The summed E-state index contributed by atoms with van der Waals surface area (Å²) in [4.78, 5) is 7.39. The lowest BCUT2D eigenvalue weighted by molar-refractivity contribution is 0.243. The van der Waals surface area contributed by atoms with E-state index in [0.717, 1.165) is 61.7 Å². The molecule has 1 aliphatic heterocycles. The van der Waals surface area contributed by atoms with E-state index in [1.54, 1.807) is 7.11 Å². The predicted molar refractivity (Wildman–Crippen MR) is 99.5 cm³/mol. The average Bonchev–Trinajstić information content (AvgIpc) is 2.94. The second kappa shape index (κ2) is 6.33. The van der Waals surface area contributed by atoms with Gasteiger partial charge in [0.1, 0.15) is 0 Å². The van der Waals surface area contributed by atoms with Gasteiger partial charge in [0.05, 0.1) is 23.8 Å². The number of rotatable bonds is 6. The minimum atomic E-state index is 0.0398. The van der Waals surface area contributed by atoms with E-state index < -0.39 is 0 Å². The smallest absolute Gasteiger partial charge is 0.234 e. The molecule has 2 aromatic rings. The van der Waals surface area contributed by atoms with E-state index in [-0.39, 0.29) is 5.41 Å². The van der Waals surface area contributed by atoms with Crippen molar-refractivity contribution < 1.29 is 9.26 Å². The first-order chi connectivity index (χ1) is 13.1. The molecule has 3 aliphatic rings. The molecule has 2 saturated carbocycles. The zero-order chi connectivity index (χ0) is 18.6. The summed E-state index contributed by atoms with van der Waals surface area (Å²) < 4.78 is 13.2. The highest BCUT2D eigenvalue weighted by Crippen LogP contribution is 2.50. The van der Waals surface area contributed by atoms with Gasteiger partial charge < -0.3 is 9.26 Å². The van der Waals surface area contributed by atoms with Gasteiger partial charge >= 0.3 is 0 Å². The van der Waals surface area contributed by atoms with Gasteiger partial charge in [0.25, 0.3) is 0 Å². The van der Waals surface area contributed by atoms with Crippen LogP contribution in [0, 0.1) is 18.8 Å². The van der Waals surface area contributed by atoms with Crippen molar-refractivity contribution in [3.63, 3.8) is 0 Å². The number of hydrogen-bond donors (Lipinski definition) is 0. The third kappa shape index (κ3) is 2.87. The van der Waals surface area contributed by atoms with Crippen LogP contribution in [0.5, 0.6) is 5.88 Å². The highest BCUT2D eigenvalue weighted by molar-refractivity contribution is 5.31. The van der Waals surface area contributed by atoms with Crippen LogP contribution in [-0.4, -0.2) is 45.0 Å². The number of ether oxygens (including phenoxy) is 1. The molecule has 0 radical (unpaired) electrons. The number of aryl methyl sites for hydroxylation is 2. The van der Waals surface area contributed by atoms with Gasteiger partial charge in [-0.05, 0) is 44.4 Å². The first kappa shape index (κ1) is 17.2. The molecule has 3 fully saturated rings. The Morgan fingerprint density at radius 2 is 2.15 bits per heavy atom. The van der Waals surface area contributed by atoms with E-state index in [0.29, 0.717) is 5.92 Å². The van der Waals surface area contributed by atoms with E-state index in [2.05, 4.69) is 22.1 Å². The molecule has 3 heterocycles. The fourth-order valence-corrected chi connectivity index (χ4v) is 5.32. The van der Waals surface area contributed by atoms with E-state index >= 15 is 0 Å². The summed E-state index contributed by atoms with van der Waals surface area (Å²) in [6.07, 6.45) is 7.28. The summed E-state index contributed by atoms with van der Waals surface area (Å²) in [6.45, 7) is 4.99. The lowest BCUT2D eigenvalue weighted by atomic mass is 9.80. The van der Waals surface area contributed by atoms with Crippen LogP contribution in [0.15, 0.2) is 4.52 Å².